The highest BCUT2D eigenvalue weighted by Crippen LogP contribution is 2.14. The molecule has 0 radical (unpaired) electrons. The van der Waals surface area contributed by atoms with Crippen molar-refractivity contribution in [2.75, 3.05) is 5.32 Å². The first-order valence-electron chi connectivity index (χ1n) is 5.72. The second-order valence-corrected chi connectivity index (χ2v) is 4.96. The van der Waals surface area contributed by atoms with Crippen molar-refractivity contribution in [3.8, 4) is 6.07 Å². The van der Waals surface area contributed by atoms with E-state index in [2.05, 4.69) is 21.2 Å². The van der Waals surface area contributed by atoms with Crippen LogP contribution in [0.25, 0.3) is 0 Å². The lowest BCUT2D eigenvalue weighted by Gasteiger charge is -2.05. The quantitative estimate of drug-likeness (QED) is 0.942. The first kappa shape index (κ1) is 13.3. The standard InChI is InChI=1S/C15H11BrN2O/c16-13-5-1-3-11(7-13)9-15(19)18-14-6-2-4-12(8-14)10-17/h1-8H,9H2,(H,18,19). The smallest absolute Gasteiger partial charge is 0.228 e. The topological polar surface area (TPSA) is 52.9 Å². The van der Waals surface area contributed by atoms with Crippen LogP contribution in [0.5, 0.6) is 0 Å². The average molecular weight is 315 g/mol. The van der Waals surface area contributed by atoms with Crippen LogP contribution >= 0.6 is 15.9 Å². The minimum atomic E-state index is -0.104. The van der Waals surface area contributed by atoms with Gasteiger partial charge in [-0.3, -0.25) is 4.79 Å². The van der Waals surface area contributed by atoms with Crippen molar-refractivity contribution < 1.29 is 4.79 Å². The molecule has 1 N–H and O–H groups in total. The van der Waals surface area contributed by atoms with E-state index in [1.54, 1.807) is 24.3 Å². The molecule has 0 aliphatic rings. The summed E-state index contributed by atoms with van der Waals surface area (Å²) in [5, 5.41) is 11.6. The molecule has 19 heavy (non-hydrogen) atoms. The summed E-state index contributed by atoms with van der Waals surface area (Å²) in [5.41, 5.74) is 2.10. The molecule has 1 amide bonds. The number of halogens is 1. The molecule has 0 bridgehead atoms. The highest BCUT2D eigenvalue weighted by atomic mass is 79.9. The number of nitriles is 1. The SMILES string of the molecule is N#Cc1cccc(NC(=O)Cc2cccc(Br)c2)c1. The molecule has 0 saturated heterocycles. The molecule has 0 aliphatic carbocycles. The van der Waals surface area contributed by atoms with Crippen LogP contribution in [0, 0.1) is 11.3 Å². The molecular weight excluding hydrogens is 304 g/mol. The van der Waals surface area contributed by atoms with Crippen LogP contribution < -0.4 is 5.32 Å². The number of nitrogens with one attached hydrogen (secondary N) is 1. The van der Waals surface area contributed by atoms with E-state index >= 15 is 0 Å². The van der Waals surface area contributed by atoms with Crippen molar-refractivity contribution in [1.29, 1.82) is 5.26 Å². The molecule has 0 aliphatic heterocycles. The molecule has 0 fully saturated rings. The maximum Gasteiger partial charge on any atom is 0.228 e. The summed E-state index contributed by atoms with van der Waals surface area (Å²) in [6, 6.07) is 16.5. The second-order valence-electron chi connectivity index (χ2n) is 4.05. The lowest BCUT2D eigenvalue weighted by Crippen LogP contribution is -2.14. The van der Waals surface area contributed by atoms with E-state index in [1.807, 2.05) is 30.3 Å². The van der Waals surface area contributed by atoms with Crippen molar-refractivity contribution in [2.45, 2.75) is 6.42 Å². The van der Waals surface area contributed by atoms with Crippen molar-refractivity contribution in [1.82, 2.24) is 0 Å². The van der Waals surface area contributed by atoms with E-state index in [1.165, 1.54) is 0 Å². The molecule has 4 heteroatoms. The fraction of sp³-hybridized carbons (Fsp3) is 0.0667. The van der Waals surface area contributed by atoms with E-state index in [4.69, 9.17) is 5.26 Å². The summed E-state index contributed by atoms with van der Waals surface area (Å²) < 4.78 is 0.948. The molecule has 94 valence electrons. The fourth-order valence-corrected chi connectivity index (χ4v) is 2.15. The highest BCUT2D eigenvalue weighted by Gasteiger charge is 2.05. The Morgan fingerprint density at radius 1 is 1.21 bits per heavy atom. The van der Waals surface area contributed by atoms with Gasteiger partial charge < -0.3 is 5.32 Å². The Morgan fingerprint density at radius 2 is 2.00 bits per heavy atom. The van der Waals surface area contributed by atoms with Crippen LogP contribution in [0.1, 0.15) is 11.1 Å². The summed E-state index contributed by atoms with van der Waals surface area (Å²) in [4.78, 5) is 11.9. The molecule has 0 heterocycles. The normalized spacial score (nSPS) is 9.68. The number of carbonyl (C=O) groups excluding carboxylic acids is 1. The number of hydrogen-bond donors (Lipinski definition) is 1. The van der Waals surface area contributed by atoms with Crippen molar-refractivity contribution in [3.63, 3.8) is 0 Å². The van der Waals surface area contributed by atoms with Gasteiger partial charge >= 0.3 is 0 Å². The zero-order chi connectivity index (χ0) is 13.7. The minimum absolute atomic E-state index is 0.104. The van der Waals surface area contributed by atoms with Crippen LogP contribution in [0.15, 0.2) is 53.0 Å². The third-order valence-electron chi connectivity index (χ3n) is 2.53. The molecular formula is C15H11BrN2O. The van der Waals surface area contributed by atoms with Crippen LogP contribution in [-0.4, -0.2) is 5.91 Å². The first-order valence-corrected chi connectivity index (χ1v) is 6.51. The highest BCUT2D eigenvalue weighted by molar-refractivity contribution is 9.10. The zero-order valence-corrected chi connectivity index (χ0v) is 11.6. The number of benzene rings is 2. The number of anilines is 1. The molecule has 2 rings (SSSR count). The lowest BCUT2D eigenvalue weighted by molar-refractivity contribution is -0.115. The maximum atomic E-state index is 11.9. The number of nitrogens with zero attached hydrogens (tertiary/aromatic N) is 1. The van der Waals surface area contributed by atoms with E-state index in [9.17, 15) is 4.79 Å². The molecule has 0 aromatic heterocycles. The average Bonchev–Trinajstić information content (AvgIpc) is 2.38. The van der Waals surface area contributed by atoms with E-state index in [-0.39, 0.29) is 5.91 Å². The zero-order valence-electron chi connectivity index (χ0n) is 10.1. The van der Waals surface area contributed by atoms with Crippen LogP contribution in [0.4, 0.5) is 5.69 Å². The monoisotopic (exact) mass is 314 g/mol. The molecule has 0 unspecified atom stereocenters. The van der Waals surface area contributed by atoms with Gasteiger partial charge in [0.15, 0.2) is 0 Å². The lowest BCUT2D eigenvalue weighted by atomic mass is 10.1. The van der Waals surface area contributed by atoms with Gasteiger partial charge in [-0.1, -0.05) is 34.1 Å². The molecule has 2 aromatic carbocycles. The van der Waals surface area contributed by atoms with Crippen LogP contribution in [0.2, 0.25) is 0 Å². The van der Waals surface area contributed by atoms with Gasteiger partial charge in [-0.15, -0.1) is 0 Å². The third kappa shape index (κ3) is 3.94. The Morgan fingerprint density at radius 3 is 2.74 bits per heavy atom. The van der Waals surface area contributed by atoms with Crippen LogP contribution in [-0.2, 0) is 11.2 Å². The Hall–Kier alpha value is -2.12. The largest absolute Gasteiger partial charge is 0.326 e. The summed E-state index contributed by atoms with van der Waals surface area (Å²) in [6.45, 7) is 0. The summed E-state index contributed by atoms with van der Waals surface area (Å²) in [7, 11) is 0. The molecule has 0 spiro atoms. The van der Waals surface area contributed by atoms with E-state index in [0.717, 1.165) is 10.0 Å². The predicted octanol–water partition coefficient (Wildman–Crippen LogP) is 3.50. The molecule has 3 nitrogen and oxygen atoms in total. The minimum Gasteiger partial charge on any atom is -0.326 e. The van der Waals surface area contributed by atoms with Crippen molar-refractivity contribution >= 4 is 27.5 Å². The second kappa shape index (κ2) is 6.17. The predicted molar refractivity (Wildman–Crippen MR) is 77.6 cm³/mol. The summed E-state index contributed by atoms with van der Waals surface area (Å²) >= 11 is 3.37. The van der Waals surface area contributed by atoms with Gasteiger partial charge in [0, 0.05) is 10.2 Å². The summed E-state index contributed by atoms with van der Waals surface area (Å²) in [5.74, 6) is -0.104. The van der Waals surface area contributed by atoms with E-state index in [0.29, 0.717) is 17.7 Å². The van der Waals surface area contributed by atoms with Crippen molar-refractivity contribution in [2.24, 2.45) is 0 Å². The third-order valence-corrected chi connectivity index (χ3v) is 3.02. The van der Waals surface area contributed by atoms with Gasteiger partial charge in [0.2, 0.25) is 5.91 Å². The van der Waals surface area contributed by atoms with Gasteiger partial charge in [-0.2, -0.15) is 5.26 Å². The summed E-state index contributed by atoms with van der Waals surface area (Å²) in [6.07, 6.45) is 0.302. The van der Waals surface area contributed by atoms with Gasteiger partial charge in [-0.25, -0.2) is 0 Å². The molecule has 0 atom stereocenters. The Kier molecular flexibility index (Phi) is 4.32. The van der Waals surface area contributed by atoms with Gasteiger partial charge in [-0.05, 0) is 35.9 Å². The molecule has 0 saturated carbocycles. The van der Waals surface area contributed by atoms with E-state index < -0.39 is 0 Å². The van der Waals surface area contributed by atoms with Gasteiger partial charge in [0.05, 0.1) is 18.1 Å². The van der Waals surface area contributed by atoms with Crippen LogP contribution in [0.3, 0.4) is 0 Å². The Labute approximate surface area is 120 Å². The number of rotatable bonds is 3. The Bertz CT molecular complexity index is 647. The fourth-order valence-electron chi connectivity index (χ4n) is 1.70. The first-order chi connectivity index (χ1) is 9.17. The van der Waals surface area contributed by atoms with Crippen molar-refractivity contribution in [3.05, 3.63) is 64.1 Å². The number of hydrogen-bond acceptors (Lipinski definition) is 2. The maximum absolute atomic E-state index is 11.9. The molecule has 2 aromatic rings. The van der Waals surface area contributed by atoms with Gasteiger partial charge in [0.1, 0.15) is 0 Å². The van der Waals surface area contributed by atoms with Gasteiger partial charge in [0.25, 0.3) is 0 Å². The number of carbonyl (C=O) groups is 1. The number of amides is 1. The Balaban J connectivity index is 2.03.